The van der Waals surface area contributed by atoms with Crippen molar-refractivity contribution in [2.75, 3.05) is 0 Å². The SMILES string of the molecule is Cc1ccc2cccc(OCc3c(C)ccc(-n4cccc4CN)c3C)c2n1. The molecule has 0 saturated heterocycles. The number of aromatic nitrogens is 2. The van der Waals surface area contributed by atoms with E-state index >= 15 is 0 Å². The third kappa shape index (κ3) is 3.27. The van der Waals surface area contributed by atoms with E-state index < -0.39 is 0 Å². The first-order chi connectivity index (χ1) is 13.6. The van der Waals surface area contributed by atoms with Crippen LogP contribution in [0.2, 0.25) is 0 Å². The molecule has 0 radical (unpaired) electrons. The fourth-order valence-electron chi connectivity index (χ4n) is 3.66. The average molecular weight is 371 g/mol. The maximum Gasteiger partial charge on any atom is 0.146 e. The predicted octanol–water partition coefficient (Wildman–Crippen LogP) is 4.99. The lowest BCUT2D eigenvalue weighted by molar-refractivity contribution is 0.307. The zero-order chi connectivity index (χ0) is 19.7. The first-order valence-electron chi connectivity index (χ1n) is 9.53. The Morgan fingerprint density at radius 3 is 2.64 bits per heavy atom. The van der Waals surface area contributed by atoms with Crippen molar-refractivity contribution in [2.24, 2.45) is 5.73 Å². The van der Waals surface area contributed by atoms with Crippen LogP contribution in [0.3, 0.4) is 0 Å². The summed E-state index contributed by atoms with van der Waals surface area (Å²) in [6.07, 6.45) is 2.06. The Morgan fingerprint density at radius 1 is 0.964 bits per heavy atom. The molecule has 2 heterocycles. The van der Waals surface area contributed by atoms with E-state index in [4.69, 9.17) is 10.5 Å². The van der Waals surface area contributed by atoms with Crippen molar-refractivity contribution in [1.82, 2.24) is 9.55 Å². The molecule has 0 aliphatic rings. The number of nitrogens with two attached hydrogens (primary N) is 1. The predicted molar refractivity (Wildman–Crippen MR) is 114 cm³/mol. The molecule has 4 aromatic rings. The van der Waals surface area contributed by atoms with Gasteiger partial charge in [0.2, 0.25) is 0 Å². The molecule has 0 fully saturated rings. The number of rotatable bonds is 5. The van der Waals surface area contributed by atoms with Crippen LogP contribution >= 0.6 is 0 Å². The van der Waals surface area contributed by atoms with Gasteiger partial charge >= 0.3 is 0 Å². The Kier molecular flexibility index (Phi) is 4.88. The number of ether oxygens (including phenoxy) is 1. The van der Waals surface area contributed by atoms with Crippen LogP contribution in [0, 0.1) is 20.8 Å². The topological polar surface area (TPSA) is 53.1 Å². The van der Waals surface area contributed by atoms with Gasteiger partial charge in [0.1, 0.15) is 17.9 Å². The van der Waals surface area contributed by atoms with Gasteiger partial charge in [-0.2, -0.15) is 0 Å². The summed E-state index contributed by atoms with van der Waals surface area (Å²) in [5.74, 6) is 0.814. The van der Waals surface area contributed by atoms with Gasteiger partial charge < -0.3 is 15.0 Å². The van der Waals surface area contributed by atoms with Gasteiger partial charge in [-0.1, -0.05) is 24.3 Å². The maximum absolute atomic E-state index is 6.25. The standard InChI is InChI=1S/C24H25N3O/c1-16-9-12-22(27-13-5-7-20(27)14-25)18(3)21(16)15-28-23-8-4-6-19-11-10-17(2)26-24(19)23/h4-13H,14-15,25H2,1-3H3. The highest BCUT2D eigenvalue weighted by Crippen LogP contribution is 2.28. The van der Waals surface area contributed by atoms with E-state index in [-0.39, 0.29) is 0 Å². The molecule has 0 spiro atoms. The summed E-state index contributed by atoms with van der Waals surface area (Å²) in [6.45, 7) is 7.28. The summed E-state index contributed by atoms with van der Waals surface area (Å²) in [7, 11) is 0. The summed E-state index contributed by atoms with van der Waals surface area (Å²) in [6, 6.07) is 18.6. The molecule has 2 aromatic carbocycles. The first-order valence-corrected chi connectivity index (χ1v) is 9.53. The second kappa shape index (κ2) is 7.49. The van der Waals surface area contributed by atoms with Crippen molar-refractivity contribution in [2.45, 2.75) is 33.9 Å². The number of hydrogen-bond acceptors (Lipinski definition) is 3. The van der Waals surface area contributed by atoms with E-state index in [1.165, 1.54) is 16.7 Å². The Bertz CT molecular complexity index is 1140. The summed E-state index contributed by atoms with van der Waals surface area (Å²) in [4.78, 5) is 4.67. The number of pyridine rings is 1. The van der Waals surface area contributed by atoms with E-state index in [0.29, 0.717) is 13.2 Å². The van der Waals surface area contributed by atoms with Crippen molar-refractivity contribution < 1.29 is 4.74 Å². The van der Waals surface area contributed by atoms with Crippen LogP contribution in [0.15, 0.2) is 60.8 Å². The zero-order valence-electron chi connectivity index (χ0n) is 16.6. The van der Waals surface area contributed by atoms with Crippen molar-refractivity contribution in [1.29, 1.82) is 0 Å². The molecule has 4 nitrogen and oxygen atoms in total. The smallest absolute Gasteiger partial charge is 0.146 e. The fraction of sp³-hybridized carbons (Fsp3) is 0.208. The maximum atomic E-state index is 6.25. The van der Waals surface area contributed by atoms with Crippen LogP contribution in [0.25, 0.3) is 16.6 Å². The average Bonchev–Trinajstić information content (AvgIpc) is 3.16. The minimum absolute atomic E-state index is 0.499. The van der Waals surface area contributed by atoms with Crippen molar-refractivity contribution in [3.8, 4) is 11.4 Å². The number of nitrogens with zero attached hydrogens (tertiary/aromatic N) is 2. The van der Waals surface area contributed by atoms with Gasteiger partial charge in [-0.05, 0) is 67.8 Å². The number of benzene rings is 2. The number of hydrogen-bond donors (Lipinski definition) is 1. The van der Waals surface area contributed by atoms with Crippen LogP contribution < -0.4 is 10.5 Å². The van der Waals surface area contributed by atoms with Crippen LogP contribution in [0.4, 0.5) is 0 Å². The van der Waals surface area contributed by atoms with Crippen LogP contribution in [0.1, 0.15) is 28.1 Å². The Balaban J connectivity index is 1.70. The first kappa shape index (κ1) is 18.3. The zero-order valence-corrected chi connectivity index (χ0v) is 16.6. The minimum atomic E-state index is 0.499. The van der Waals surface area contributed by atoms with Crippen molar-refractivity contribution in [3.05, 3.63) is 88.9 Å². The number of aryl methyl sites for hydroxylation is 2. The molecule has 0 saturated carbocycles. The molecule has 0 atom stereocenters. The van der Waals surface area contributed by atoms with Gasteiger partial charge in [0.05, 0.1) is 0 Å². The van der Waals surface area contributed by atoms with Gasteiger partial charge in [-0.3, -0.25) is 0 Å². The lowest BCUT2D eigenvalue weighted by Crippen LogP contribution is -2.09. The van der Waals surface area contributed by atoms with Gasteiger partial charge in [0, 0.05) is 35.2 Å². The largest absolute Gasteiger partial charge is 0.487 e. The second-order valence-electron chi connectivity index (χ2n) is 7.15. The molecular formula is C24H25N3O. The van der Waals surface area contributed by atoms with Gasteiger partial charge in [0.25, 0.3) is 0 Å². The van der Waals surface area contributed by atoms with E-state index in [2.05, 4.69) is 59.9 Å². The van der Waals surface area contributed by atoms with Gasteiger partial charge in [0.15, 0.2) is 0 Å². The molecule has 28 heavy (non-hydrogen) atoms. The Hall–Kier alpha value is -3.11. The summed E-state index contributed by atoms with van der Waals surface area (Å²) in [5.41, 5.74) is 13.6. The molecule has 0 aliphatic carbocycles. The molecule has 0 unspecified atom stereocenters. The highest BCUT2D eigenvalue weighted by atomic mass is 16.5. The second-order valence-corrected chi connectivity index (χ2v) is 7.15. The quantitative estimate of drug-likeness (QED) is 0.538. The molecular weight excluding hydrogens is 346 g/mol. The molecule has 0 bridgehead atoms. The summed E-state index contributed by atoms with van der Waals surface area (Å²) in [5, 5.41) is 1.09. The van der Waals surface area contributed by atoms with Crippen LogP contribution in [-0.4, -0.2) is 9.55 Å². The van der Waals surface area contributed by atoms with E-state index in [9.17, 15) is 0 Å². The fourth-order valence-corrected chi connectivity index (χ4v) is 3.66. The lowest BCUT2D eigenvalue weighted by Gasteiger charge is -2.18. The molecule has 4 rings (SSSR count). The van der Waals surface area contributed by atoms with Crippen molar-refractivity contribution >= 4 is 10.9 Å². The van der Waals surface area contributed by atoms with Crippen LogP contribution in [-0.2, 0) is 13.2 Å². The summed E-state index contributed by atoms with van der Waals surface area (Å²) >= 11 is 0. The molecule has 2 N–H and O–H groups in total. The van der Waals surface area contributed by atoms with E-state index in [0.717, 1.165) is 33.7 Å². The van der Waals surface area contributed by atoms with Gasteiger partial charge in [-0.15, -0.1) is 0 Å². The monoisotopic (exact) mass is 371 g/mol. The number of para-hydroxylation sites is 1. The molecule has 2 aromatic heterocycles. The van der Waals surface area contributed by atoms with Crippen molar-refractivity contribution in [3.63, 3.8) is 0 Å². The normalized spacial score (nSPS) is 11.1. The highest BCUT2D eigenvalue weighted by Gasteiger charge is 2.12. The molecule has 4 heteroatoms. The third-order valence-electron chi connectivity index (χ3n) is 5.30. The van der Waals surface area contributed by atoms with E-state index in [1.807, 2.05) is 31.2 Å². The van der Waals surface area contributed by atoms with E-state index in [1.54, 1.807) is 0 Å². The highest BCUT2D eigenvalue weighted by molar-refractivity contribution is 5.84. The lowest BCUT2D eigenvalue weighted by atomic mass is 10.0. The molecule has 0 amide bonds. The van der Waals surface area contributed by atoms with Crippen LogP contribution in [0.5, 0.6) is 5.75 Å². The molecule has 0 aliphatic heterocycles. The molecule has 142 valence electrons. The third-order valence-corrected chi connectivity index (χ3v) is 5.30. The Morgan fingerprint density at radius 2 is 1.82 bits per heavy atom. The number of fused-ring (bicyclic) bond motifs is 1. The summed E-state index contributed by atoms with van der Waals surface area (Å²) < 4.78 is 8.41. The Labute approximate surface area is 165 Å². The van der Waals surface area contributed by atoms with Gasteiger partial charge in [-0.25, -0.2) is 4.98 Å². The minimum Gasteiger partial charge on any atom is -0.487 e.